The van der Waals surface area contributed by atoms with Gasteiger partial charge in [-0.05, 0) is 59.2 Å². The lowest BCUT2D eigenvalue weighted by Crippen LogP contribution is -2.32. The quantitative estimate of drug-likeness (QED) is 0.868. The topological polar surface area (TPSA) is 28.2 Å². The van der Waals surface area contributed by atoms with Crippen LogP contribution in [0.3, 0.4) is 0 Å². The average Bonchev–Trinajstić information content (AvgIpc) is 2.96. The van der Waals surface area contributed by atoms with Gasteiger partial charge in [-0.25, -0.2) is 4.98 Å². The van der Waals surface area contributed by atoms with Crippen LogP contribution in [0.4, 0.5) is 0 Å². The van der Waals surface area contributed by atoms with Crippen LogP contribution < -0.4 is 5.32 Å². The lowest BCUT2D eigenvalue weighted by atomic mass is 10.1. The van der Waals surface area contributed by atoms with Gasteiger partial charge in [-0.3, -0.25) is 0 Å². The molecule has 2 rings (SSSR count). The number of thiazole rings is 1. The van der Waals surface area contributed by atoms with Crippen molar-refractivity contribution in [1.82, 2.24) is 15.2 Å². The van der Waals surface area contributed by atoms with Gasteiger partial charge in [0.15, 0.2) is 0 Å². The van der Waals surface area contributed by atoms with Gasteiger partial charge < -0.3 is 10.2 Å². The van der Waals surface area contributed by atoms with Gasteiger partial charge in [0.05, 0.1) is 10.7 Å². The molecule has 108 valence electrons. The van der Waals surface area contributed by atoms with Gasteiger partial charge in [0.2, 0.25) is 0 Å². The highest BCUT2D eigenvalue weighted by molar-refractivity contribution is 7.11. The van der Waals surface area contributed by atoms with E-state index in [1.807, 2.05) is 11.3 Å². The third kappa shape index (κ3) is 4.26. The van der Waals surface area contributed by atoms with Gasteiger partial charge in [0.25, 0.3) is 0 Å². The molecule has 1 N–H and O–H groups in total. The maximum atomic E-state index is 4.51. The Kier molecular flexibility index (Phi) is 5.37. The van der Waals surface area contributed by atoms with Crippen molar-refractivity contribution in [3.8, 4) is 0 Å². The molecule has 0 saturated carbocycles. The van der Waals surface area contributed by atoms with E-state index in [1.165, 1.54) is 48.1 Å². The first-order valence-electron chi connectivity index (χ1n) is 7.46. The van der Waals surface area contributed by atoms with E-state index in [4.69, 9.17) is 0 Å². The third-order valence-electron chi connectivity index (χ3n) is 3.87. The lowest BCUT2D eigenvalue weighted by Gasteiger charge is -2.22. The molecule has 0 aromatic carbocycles. The Labute approximate surface area is 121 Å². The molecule has 1 aromatic heterocycles. The summed E-state index contributed by atoms with van der Waals surface area (Å²) in [6.45, 7) is 13.7. The van der Waals surface area contributed by atoms with Crippen LogP contribution in [0.5, 0.6) is 0 Å². The Balaban J connectivity index is 1.76. The van der Waals surface area contributed by atoms with Crippen LogP contribution in [-0.2, 0) is 0 Å². The molecule has 2 unspecified atom stereocenters. The minimum atomic E-state index is 0.423. The maximum absolute atomic E-state index is 4.51. The van der Waals surface area contributed by atoms with Crippen molar-refractivity contribution in [3.63, 3.8) is 0 Å². The second-order valence-electron chi connectivity index (χ2n) is 5.93. The number of nitrogens with one attached hydrogen (secondary N) is 1. The molecule has 1 fully saturated rings. The van der Waals surface area contributed by atoms with E-state index in [9.17, 15) is 0 Å². The molecule has 0 bridgehead atoms. The van der Waals surface area contributed by atoms with Gasteiger partial charge >= 0.3 is 0 Å². The van der Waals surface area contributed by atoms with Crippen LogP contribution in [0.1, 0.15) is 48.3 Å². The zero-order valence-corrected chi connectivity index (χ0v) is 13.5. The number of hydrogen-bond acceptors (Lipinski definition) is 4. The van der Waals surface area contributed by atoms with Crippen LogP contribution in [-0.4, -0.2) is 36.1 Å². The Morgan fingerprint density at radius 1 is 1.26 bits per heavy atom. The van der Waals surface area contributed by atoms with Crippen molar-refractivity contribution in [2.75, 3.05) is 26.2 Å². The molecule has 0 amide bonds. The molecule has 0 aliphatic carbocycles. The highest BCUT2D eigenvalue weighted by Gasteiger charge is 2.16. The summed E-state index contributed by atoms with van der Waals surface area (Å²) in [7, 11) is 0. The number of aromatic nitrogens is 1. The van der Waals surface area contributed by atoms with E-state index in [0.717, 1.165) is 12.5 Å². The van der Waals surface area contributed by atoms with Crippen LogP contribution in [0, 0.1) is 19.8 Å². The highest BCUT2D eigenvalue weighted by Crippen LogP contribution is 2.24. The zero-order chi connectivity index (χ0) is 13.8. The van der Waals surface area contributed by atoms with Crippen LogP contribution in [0.25, 0.3) is 0 Å². The van der Waals surface area contributed by atoms with Crippen molar-refractivity contribution < 1.29 is 0 Å². The molecule has 4 heteroatoms. The summed E-state index contributed by atoms with van der Waals surface area (Å²) >= 11 is 1.82. The summed E-state index contributed by atoms with van der Waals surface area (Å²) in [4.78, 5) is 8.50. The van der Waals surface area contributed by atoms with Gasteiger partial charge in [-0.2, -0.15) is 0 Å². The molecule has 1 aliphatic rings. The summed E-state index contributed by atoms with van der Waals surface area (Å²) in [6.07, 6.45) is 2.77. The molecule has 19 heavy (non-hydrogen) atoms. The van der Waals surface area contributed by atoms with Crippen LogP contribution in [0.15, 0.2) is 0 Å². The van der Waals surface area contributed by atoms with Crippen LogP contribution in [0.2, 0.25) is 0 Å². The molecule has 2 atom stereocenters. The van der Waals surface area contributed by atoms with Gasteiger partial charge in [0, 0.05) is 17.5 Å². The Hall–Kier alpha value is -0.450. The van der Waals surface area contributed by atoms with E-state index in [0.29, 0.717) is 6.04 Å². The van der Waals surface area contributed by atoms with E-state index >= 15 is 0 Å². The summed E-state index contributed by atoms with van der Waals surface area (Å²) in [6, 6.07) is 0.423. The second kappa shape index (κ2) is 6.82. The molecular weight excluding hydrogens is 254 g/mol. The van der Waals surface area contributed by atoms with Crippen molar-refractivity contribution in [2.24, 2.45) is 5.92 Å². The van der Waals surface area contributed by atoms with Crippen molar-refractivity contribution >= 4 is 11.3 Å². The number of rotatable bonds is 6. The molecule has 1 aromatic rings. The summed E-state index contributed by atoms with van der Waals surface area (Å²) in [5, 5.41) is 4.84. The van der Waals surface area contributed by atoms with E-state index in [1.54, 1.807) is 0 Å². The standard InChI is InChI=1S/C15H27N3S/c1-11(10-18-7-5-6-8-18)9-16-12(2)15-13(3)17-14(4)19-15/h11-12,16H,5-10H2,1-4H3. The Morgan fingerprint density at radius 2 is 1.95 bits per heavy atom. The first-order valence-corrected chi connectivity index (χ1v) is 8.27. The van der Waals surface area contributed by atoms with Gasteiger partial charge in [-0.15, -0.1) is 11.3 Å². The first-order chi connectivity index (χ1) is 9.06. The normalized spacial score (nSPS) is 19.8. The fourth-order valence-electron chi connectivity index (χ4n) is 2.89. The number of nitrogens with zero attached hydrogens (tertiary/aromatic N) is 2. The lowest BCUT2D eigenvalue weighted by molar-refractivity contribution is 0.279. The maximum Gasteiger partial charge on any atom is 0.0900 e. The summed E-state index contributed by atoms with van der Waals surface area (Å²) < 4.78 is 0. The number of likely N-dealkylation sites (tertiary alicyclic amines) is 1. The average molecular weight is 281 g/mol. The molecule has 1 aliphatic heterocycles. The van der Waals surface area contributed by atoms with Gasteiger partial charge in [0.1, 0.15) is 0 Å². The summed E-state index contributed by atoms with van der Waals surface area (Å²) in [5.74, 6) is 0.717. The minimum Gasteiger partial charge on any atom is -0.309 e. The van der Waals surface area contributed by atoms with Crippen LogP contribution >= 0.6 is 11.3 Å². The smallest absolute Gasteiger partial charge is 0.0900 e. The molecule has 2 heterocycles. The minimum absolute atomic E-state index is 0.423. The zero-order valence-electron chi connectivity index (χ0n) is 12.7. The monoisotopic (exact) mass is 281 g/mol. The van der Waals surface area contributed by atoms with E-state index < -0.39 is 0 Å². The van der Waals surface area contributed by atoms with Crippen molar-refractivity contribution in [2.45, 2.75) is 46.6 Å². The second-order valence-corrected chi connectivity index (χ2v) is 7.16. The predicted octanol–water partition coefficient (Wildman–Crippen LogP) is 3.14. The fraction of sp³-hybridized carbons (Fsp3) is 0.800. The highest BCUT2D eigenvalue weighted by atomic mass is 32.1. The SMILES string of the molecule is Cc1nc(C)c(C(C)NCC(C)CN2CCCC2)s1. The molecule has 3 nitrogen and oxygen atoms in total. The Bertz CT molecular complexity index is 396. The fourth-order valence-corrected chi connectivity index (χ4v) is 3.84. The first kappa shape index (κ1) is 14.9. The van der Waals surface area contributed by atoms with Gasteiger partial charge in [-0.1, -0.05) is 6.92 Å². The molecular formula is C15H27N3S. The Morgan fingerprint density at radius 3 is 2.53 bits per heavy atom. The van der Waals surface area contributed by atoms with Crippen molar-refractivity contribution in [1.29, 1.82) is 0 Å². The van der Waals surface area contributed by atoms with E-state index in [2.05, 4.69) is 42.9 Å². The van der Waals surface area contributed by atoms with Crippen molar-refractivity contribution in [3.05, 3.63) is 15.6 Å². The third-order valence-corrected chi connectivity index (χ3v) is 5.13. The summed E-state index contributed by atoms with van der Waals surface area (Å²) in [5.41, 5.74) is 1.19. The largest absolute Gasteiger partial charge is 0.309 e. The predicted molar refractivity (Wildman–Crippen MR) is 82.8 cm³/mol. The molecule has 0 spiro atoms. The van der Waals surface area contributed by atoms with E-state index in [-0.39, 0.29) is 0 Å². The molecule has 0 radical (unpaired) electrons. The molecule has 1 saturated heterocycles. The number of hydrogen-bond donors (Lipinski definition) is 1. The number of aryl methyl sites for hydroxylation is 2.